The maximum Gasteiger partial charge on any atom is 0.315 e. The summed E-state index contributed by atoms with van der Waals surface area (Å²) in [6, 6.07) is -0.273. The molecular formula is C12H25N3O2S. The van der Waals surface area contributed by atoms with Gasteiger partial charge in [0.1, 0.15) is 6.29 Å². The summed E-state index contributed by atoms with van der Waals surface area (Å²) in [7, 11) is 2.01. The molecule has 106 valence electrons. The molecule has 0 fully saturated rings. The van der Waals surface area contributed by atoms with Crippen LogP contribution in [0.2, 0.25) is 0 Å². The van der Waals surface area contributed by atoms with Gasteiger partial charge in [0.25, 0.3) is 0 Å². The number of hydrogen-bond donors (Lipinski definition) is 2. The molecule has 0 aliphatic rings. The van der Waals surface area contributed by atoms with Crippen molar-refractivity contribution in [2.75, 3.05) is 25.9 Å². The third kappa shape index (κ3) is 7.55. The molecule has 0 radical (unpaired) electrons. The Morgan fingerprint density at radius 2 is 2.06 bits per heavy atom. The highest BCUT2D eigenvalue weighted by Crippen LogP contribution is 2.21. The van der Waals surface area contributed by atoms with Gasteiger partial charge in [0, 0.05) is 18.3 Å². The van der Waals surface area contributed by atoms with Crippen molar-refractivity contribution in [1.29, 1.82) is 0 Å². The Kier molecular flexibility index (Phi) is 8.02. The van der Waals surface area contributed by atoms with Crippen molar-refractivity contribution in [3.05, 3.63) is 0 Å². The van der Waals surface area contributed by atoms with Crippen LogP contribution in [0.15, 0.2) is 0 Å². The van der Waals surface area contributed by atoms with Crippen molar-refractivity contribution in [3.8, 4) is 0 Å². The Bertz CT molecular complexity index is 267. The molecule has 1 atom stereocenters. The van der Waals surface area contributed by atoms with Crippen molar-refractivity contribution < 1.29 is 9.59 Å². The summed E-state index contributed by atoms with van der Waals surface area (Å²) in [5.41, 5.74) is -0.0406. The maximum absolute atomic E-state index is 11.6. The van der Waals surface area contributed by atoms with E-state index in [2.05, 4.69) is 42.6 Å². The van der Waals surface area contributed by atoms with Gasteiger partial charge in [-0.05, 0) is 12.5 Å². The average Bonchev–Trinajstić information content (AvgIpc) is 2.24. The first-order valence-corrected chi connectivity index (χ1v) is 7.07. The molecule has 6 heteroatoms. The Balaban J connectivity index is 4.41. The van der Waals surface area contributed by atoms with Crippen LogP contribution in [0, 0.1) is 5.41 Å². The molecule has 0 bridgehead atoms. The van der Waals surface area contributed by atoms with Gasteiger partial charge in [0.05, 0.1) is 6.54 Å². The highest BCUT2D eigenvalue weighted by Gasteiger charge is 2.27. The van der Waals surface area contributed by atoms with Crippen molar-refractivity contribution >= 4 is 24.3 Å². The molecule has 1 unspecified atom stereocenters. The second-order valence-electron chi connectivity index (χ2n) is 5.17. The Hall–Kier alpha value is -0.750. The summed E-state index contributed by atoms with van der Waals surface area (Å²) in [5.74, 6) is 1.00. The van der Waals surface area contributed by atoms with Crippen LogP contribution in [-0.2, 0) is 4.79 Å². The lowest BCUT2D eigenvalue weighted by Crippen LogP contribution is -2.52. The van der Waals surface area contributed by atoms with E-state index in [1.165, 1.54) is 0 Å². The van der Waals surface area contributed by atoms with Crippen molar-refractivity contribution in [2.45, 2.75) is 33.7 Å². The summed E-state index contributed by atoms with van der Waals surface area (Å²) in [6.45, 7) is 9.16. The number of nitrogens with one attached hydrogen (secondary N) is 2. The van der Waals surface area contributed by atoms with Crippen molar-refractivity contribution in [2.24, 2.45) is 5.41 Å². The molecule has 0 aromatic carbocycles. The second-order valence-corrected chi connectivity index (χ2v) is 6.63. The third-order valence-electron chi connectivity index (χ3n) is 2.49. The first-order chi connectivity index (χ1) is 8.31. The number of urea groups is 1. The zero-order valence-corrected chi connectivity index (χ0v) is 12.8. The van der Waals surface area contributed by atoms with E-state index < -0.39 is 0 Å². The molecule has 0 aromatic rings. The first-order valence-electron chi connectivity index (χ1n) is 6.13. The summed E-state index contributed by atoms with van der Waals surface area (Å²) in [4.78, 5) is 21.8. The molecule has 0 saturated heterocycles. The van der Waals surface area contributed by atoms with E-state index in [4.69, 9.17) is 0 Å². The van der Waals surface area contributed by atoms with E-state index in [9.17, 15) is 9.59 Å². The molecule has 0 spiro atoms. The van der Waals surface area contributed by atoms with E-state index in [1.54, 1.807) is 11.9 Å². The van der Waals surface area contributed by atoms with Crippen LogP contribution in [0.1, 0.15) is 27.7 Å². The third-order valence-corrected chi connectivity index (χ3v) is 3.33. The molecule has 2 amide bonds. The Morgan fingerprint density at radius 1 is 1.44 bits per heavy atom. The molecule has 18 heavy (non-hydrogen) atoms. The van der Waals surface area contributed by atoms with Crippen LogP contribution in [0.4, 0.5) is 4.79 Å². The molecule has 2 N–H and O–H groups in total. The van der Waals surface area contributed by atoms with Crippen LogP contribution >= 0.6 is 11.9 Å². The van der Waals surface area contributed by atoms with Gasteiger partial charge in [-0.15, -0.1) is 0 Å². The number of carbonyl (C=O) groups is 2. The number of amides is 2. The predicted molar refractivity (Wildman–Crippen MR) is 76.6 cm³/mol. The Morgan fingerprint density at radius 3 is 2.50 bits per heavy atom. The fraction of sp³-hybridized carbons (Fsp3) is 0.833. The summed E-state index contributed by atoms with van der Waals surface area (Å²) < 4.78 is 2.12. The van der Waals surface area contributed by atoms with Gasteiger partial charge in [-0.25, -0.2) is 4.79 Å². The molecule has 0 aromatic heterocycles. The zero-order valence-electron chi connectivity index (χ0n) is 11.9. The number of rotatable bonds is 7. The minimum atomic E-state index is -0.295. The van der Waals surface area contributed by atoms with E-state index in [1.807, 2.05) is 7.05 Å². The zero-order chi connectivity index (χ0) is 14.2. The van der Waals surface area contributed by atoms with Gasteiger partial charge >= 0.3 is 6.03 Å². The number of hydrogen-bond acceptors (Lipinski definition) is 4. The molecule has 0 heterocycles. The molecular weight excluding hydrogens is 250 g/mol. The molecule has 5 nitrogen and oxygen atoms in total. The fourth-order valence-corrected chi connectivity index (χ4v) is 2.11. The average molecular weight is 275 g/mol. The SMILES string of the molecule is CCSN(C)CC(NC(=O)NCC=O)C(C)(C)C. The summed E-state index contributed by atoms with van der Waals surface area (Å²) in [6.07, 6.45) is 0.671. The number of nitrogens with zero attached hydrogens (tertiary/aromatic N) is 1. The standard InChI is InChI=1S/C12H25N3O2S/c1-6-18-15(5)9-10(12(2,3)4)14-11(17)13-7-8-16/h8,10H,6-7,9H2,1-5H3,(H2,13,14,17). The molecule has 0 rings (SSSR count). The van der Waals surface area contributed by atoms with Crippen LogP contribution in [0.3, 0.4) is 0 Å². The lowest BCUT2D eigenvalue weighted by molar-refractivity contribution is -0.107. The Labute approximate surface area is 114 Å². The first kappa shape index (κ1) is 17.2. The lowest BCUT2D eigenvalue weighted by atomic mass is 9.87. The van der Waals surface area contributed by atoms with Crippen molar-refractivity contribution in [1.82, 2.24) is 14.9 Å². The molecule has 0 aliphatic carbocycles. The summed E-state index contributed by atoms with van der Waals surface area (Å²) >= 11 is 1.73. The molecule has 0 saturated carbocycles. The largest absolute Gasteiger partial charge is 0.334 e. The van der Waals surface area contributed by atoms with Gasteiger partial charge in [0.15, 0.2) is 0 Å². The van der Waals surface area contributed by atoms with E-state index in [0.717, 1.165) is 12.3 Å². The normalized spacial score (nSPS) is 13.2. The van der Waals surface area contributed by atoms with Gasteiger partial charge in [-0.3, -0.25) is 4.31 Å². The summed E-state index contributed by atoms with van der Waals surface area (Å²) in [5, 5.41) is 5.41. The predicted octanol–water partition coefficient (Wildman–Crippen LogP) is 1.50. The highest BCUT2D eigenvalue weighted by atomic mass is 32.2. The highest BCUT2D eigenvalue weighted by molar-refractivity contribution is 7.96. The smallest absolute Gasteiger partial charge is 0.315 e. The number of carbonyl (C=O) groups excluding carboxylic acids is 2. The van der Waals surface area contributed by atoms with Gasteiger partial charge < -0.3 is 15.4 Å². The second kappa shape index (κ2) is 8.37. The lowest BCUT2D eigenvalue weighted by Gasteiger charge is -2.34. The van der Waals surface area contributed by atoms with E-state index in [0.29, 0.717) is 6.29 Å². The minimum Gasteiger partial charge on any atom is -0.334 e. The van der Waals surface area contributed by atoms with Gasteiger partial charge in [0.2, 0.25) is 0 Å². The fourth-order valence-electron chi connectivity index (χ4n) is 1.41. The van der Waals surface area contributed by atoms with Crippen LogP contribution in [-0.4, -0.2) is 48.6 Å². The number of likely N-dealkylation sites (N-methyl/N-ethyl adjacent to an activating group) is 1. The minimum absolute atomic E-state index is 0.0215. The van der Waals surface area contributed by atoms with Gasteiger partial charge in [-0.2, -0.15) is 0 Å². The molecule has 0 aliphatic heterocycles. The topological polar surface area (TPSA) is 61.4 Å². The van der Waals surface area contributed by atoms with Crippen molar-refractivity contribution in [3.63, 3.8) is 0 Å². The maximum atomic E-state index is 11.6. The quantitative estimate of drug-likeness (QED) is 0.546. The van der Waals surface area contributed by atoms with Gasteiger partial charge in [-0.1, -0.05) is 39.6 Å². The number of aldehydes is 1. The van der Waals surface area contributed by atoms with E-state index >= 15 is 0 Å². The van der Waals surface area contributed by atoms with Crippen LogP contribution in [0.25, 0.3) is 0 Å². The van der Waals surface area contributed by atoms with Crippen LogP contribution < -0.4 is 10.6 Å². The monoisotopic (exact) mass is 275 g/mol. The van der Waals surface area contributed by atoms with Crippen LogP contribution in [0.5, 0.6) is 0 Å². The van der Waals surface area contributed by atoms with E-state index in [-0.39, 0.29) is 24.0 Å².